The third-order valence-corrected chi connectivity index (χ3v) is 5.90. The molecule has 1 aliphatic rings. The van der Waals surface area contributed by atoms with Gasteiger partial charge in [-0.3, -0.25) is 14.4 Å². The first kappa shape index (κ1) is 27.2. The van der Waals surface area contributed by atoms with Gasteiger partial charge in [0.15, 0.2) is 0 Å². The maximum Gasteiger partial charge on any atom is 0.326 e. The molecular weight excluding hydrogens is 420 g/mol. The van der Waals surface area contributed by atoms with Crippen LogP contribution in [0.25, 0.3) is 0 Å². The van der Waals surface area contributed by atoms with Gasteiger partial charge < -0.3 is 26.8 Å². The van der Waals surface area contributed by atoms with Crippen molar-refractivity contribution in [3.8, 4) is 0 Å². The zero-order chi connectivity index (χ0) is 23.6. The summed E-state index contributed by atoms with van der Waals surface area (Å²) in [6.45, 7) is 5.16. The summed E-state index contributed by atoms with van der Waals surface area (Å²) < 4.78 is 0. The number of carboxylic acid groups (broad SMARTS) is 1. The third-order valence-electron chi connectivity index (χ3n) is 5.54. The van der Waals surface area contributed by atoms with E-state index in [1.165, 1.54) is 13.3 Å². The van der Waals surface area contributed by atoms with Crippen molar-refractivity contribution in [1.82, 2.24) is 16.0 Å². The van der Waals surface area contributed by atoms with Crippen LogP contribution in [0.15, 0.2) is 0 Å². The average Bonchev–Trinajstić information content (AvgIpc) is 2.71. The lowest BCUT2D eigenvalue weighted by Gasteiger charge is -2.26. The van der Waals surface area contributed by atoms with Gasteiger partial charge in [0.05, 0.1) is 6.04 Å². The molecule has 0 aliphatic heterocycles. The van der Waals surface area contributed by atoms with Gasteiger partial charge in [0.25, 0.3) is 0 Å². The first-order valence-electron chi connectivity index (χ1n) is 11.1. The van der Waals surface area contributed by atoms with Gasteiger partial charge >= 0.3 is 5.97 Å². The van der Waals surface area contributed by atoms with Crippen molar-refractivity contribution in [2.24, 2.45) is 17.6 Å². The normalized spacial score (nSPS) is 18.5. The van der Waals surface area contributed by atoms with Gasteiger partial charge in [-0.05, 0) is 31.6 Å². The van der Waals surface area contributed by atoms with Crippen LogP contribution in [-0.4, -0.2) is 58.7 Å². The van der Waals surface area contributed by atoms with Crippen molar-refractivity contribution in [3.63, 3.8) is 0 Å². The maximum absolute atomic E-state index is 12.5. The van der Waals surface area contributed by atoms with Crippen LogP contribution in [0.2, 0.25) is 0 Å². The number of amides is 3. The van der Waals surface area contributed by atoms with Crippen LogP contribution in [0.3, 0.4) is 0 Å². The number of carbonyl (C=O) groups is 4. The van der Waals surface area contributed by atoms with E-state index >= 15 is 0 Å². The minimum atomic E-state index is -1.13. The maximum atomic E-state index is 12.5. The molecule has 6 N–H and O–H groups in total. The van der Waals surface area contributed by atoms with Gasteiger partial charge in [0.1, 0.15) is 18.1 Å². The Balaban J connectivity index is 2.56. The Morgan fingerprint density at radius 1 is 0.935 bits per heavy atom. The molecule has 0 aromatic carbocycles. The molecule has 1 saturated carbocycles. The van der Waals surface area contributed by atoms with E-state index in [1.54, 1.807) is 0 Å². The lowest BCUT2D eigenvalue weighted by atomic mass is 9.85. The van der Waals surface area contributed by atoms with E-state index in [4.69, 9.17) is 5.73 Å². The van der Waals surface area contributed by atoms with Crippen LogP contribution < -0.4 is 21.7 Å². The number of aliphatic carboxylic acids is 1. The smallest absolute Gasteiger partial charge is 0.326 e. The predicted octanol–water partition coefficient (Wildman–Crippen LogP) is 0.819. The Kier molecular flexibility index (Phi) is 11.9. The van der Waals surface area contributed by atoms with E-state index in [9.17, 15) is 24.3 Å². The highest BCUT2D eigenvalue weighted by atomic mass is 32.1. The first-order chi connectivity index (χ1) is 14.5. The minimum Gasteiger partial charge on any atom is -0.480 e. The van der Waals surface area contributed by atoms with Gasteiger partial charge in [-0.15, -0.1) is 0 Å². The van der Waals surface area contributed by atoms with Crippen LogP contribution in [0, 0.1) is 11.8 Å². The molecular formula is C21H38N4O5S. The van der Waals surface area contributed by atoms with Crippen LogP contribution in [0.1, 0.15) is 65.7 Å². The summed E-state index contributed by atoms with van der Waals surface area (Å²) in [5.41, 5.74) is 6.04. The summed E-state index contributed by atoms with van der Waals surface area (Å²) in [4.78, 5) is 48.6. The van der Waals surface area contributed by atoms with Crippen LogP contribution in [0.4, 0.5) is 0 Å². The summed E-state index contributed by atoms with van der Waals surface area (Å²) >= 11 is 4.13. The number of rotatable bonds is 12. The minimum absolute atomic E-state index is 0.0349. The molecule has 0 saturated heterocycles. The zero-order valence-corrected chi connectivity index (χ0v) is 19.6. The molecule has 9 nitrogen and oxygen atoms in total. The van der Waals surface area contributed by atoms with Gasteiger partial charge in [-0.2, -0.15) is 12.6 Å². The summed E-state index contributed by atoms with van der Waals surface area (Å²) in [6, 6.07) is -3.66. The number of hydrogen-bond acceptors (Lipinski definition) is 6. The molecule has 0 spiro atoms. The van der Waals surface area contributed by atoms with Gasteiger partial charge in [0.2, 0.25) is 17.7 Å². The molecule has 0 unspecified atom stereocenters. The lowest BCUT2D eigenvalue weighted by molar-refractivity contribution is -0.142. The van der Waals surface area contributed by atoms with Crippen molar-refractivity contribution < 1.29 is 24.3 Å². The van der Waals surface area contributed by atoms with Crippen molar-refractivity contribution in [2.45, 2.75) is 89.9 Å². The highest BCUT2D eigenvalue weighted by Gasteiger charge is 2.29. The monoisotopic (exact) mass is 458 g/mol. The standard InChI is InChI=1S/C21H38N4O5S/c1-12(2)9-16(21(29)30)24-18(26)13(3)23-20(28)17(11-31)25-19(27)15(22)10-14-7-5-4-6-8-14/h12-17,31H,4-11,22H2,1-3H3,(H,23,28)(H,24,26)(H,25,27)(H,29,30)/t13-,15-,16-,17-/m0/s1. The molecule has 3 amide bonds. The Bertz CT molecular complexity index is 625. The molecule has 0 bridgehead atoms. The van der Waals surface area contributed by atoms with Crippen molar-refractivity contribution in [3.05, 3.63) is 0 Å². The summed E-state index contributed by atoms with van der Waals surface area (Å²) in [5.74, 6) is -2.20. The summed E-state index contributed by atoms with van der Waals surface area (Å²) in [6.07, 6.45) is 6.52. The fraction of sp³-hybridized carbons (Fsp3) is 0.810. The van der Waals surface area contributed by atoms with E-state index in [2.05, 4.69) is 28.6 Å². The second kappa shape index (κ2) is 13.6. The van der Waals surface area contributed by atoms with Crippen molar-refractivity contribution in [2.75, 3.05) is 5.75 Å². The van der Waals surface area contributed by atoms with Crippen molar-refractivity contribution >= 4 is 36.3 Å². The number of hydrogen-bond donors (Lipinski definition) is 6. The highest BCUT2D eigenvalue weighted by Crippen LogP contribution is 2.26. The lowest BCUT2D eigenvalue weighted by Crippen LogP contribution is -2.57. The molecule has 178 valence electrons. The predicted molar refractivity (Wildman–Crippen MR) is 122 cm³/mol. The Morgan fingerprint density at radius 2 is 1.52 bits per heavy atom. The second-order valence-corrected chi connectivity index (χ2v) is 9.21. The van der Waals surface area contributed by atoms with Gasteiger partial charge in [-0.25, -0.2) is 4.79 Å². The molecule has 0 radical (unpaired) electrons. The summed E-state index contributed by atoms with van der Waals surface area (Å²) in [7, 11) is 0. The quantitative estimate of drug-likeness (QED) is 0.238. The number of carbonyl (C=O) groups excluding carboxylic acids is 3. The SMILES string of the molecule is CC(C)C[C@H](NC(=O)[C@H](C)NC(=O)[C@H](CS)NC(=O)[C@@H](N)CC1CCCCC1)C(=O)O. The molecule has 31 heavy (non-hydrogen) atoms. The highest BCUT2D eigenvalue weighted by molar-refractivity contribution is 7.80. The Morgan fingerprint density at radius 3 is 2.03 bits per heavy atom. The van der Waals surface area contributed by atoms with Gasteiger partial charge in [-0.1, -0.05) is 46.0 Å². The molecule has 4 atom stereocenters. The van der Waals surface area contributed by atoms with E-state index < -0.39 is 47.9 Å². The number of thiol groups is 1. The topological polar surface area (TPSA) is 151 Å². The number of carboxylic acids is 1. The molecule has 0 heterocycles. The molecule has 0 aromatic rings. The molecule has 1 aliphatic carbocycles. The van der Waals surface area contributed by atoms with Gasteiger partial charge in [0, 0.05) is 5.75 Å². The fourth-order valence-electron chi connectivity index (χ4n) is 3.73. The van der Waals surface area contributed by atoms with E-state index in [-0.39, 0.29) is 18.1 Å². The molecule has 0 aromatic heterocycles. The van der Waals surface area contributed by atoms with Crippen LogP contribution in [0.5, 0.6) is 0 Å². The van der Waals surface area contributed by atoms with Crippen molar-refractivity contribution in [1.29, 1.82) is 0 Å². The Labute approximate surface area is 190 Å². The average molecular weight is 459 g/mol. The fourth-order valence-corrected chi connectivity index (χ4v) is 3.99. The second-order valence-electron chi connectivity index (χ2n) is 8.85. The van der Waals surface area contributed by atoms with E-state index in [0.29, 0.717) is 12.3 Å². The largest absolute Gasteiger partial charge is 0.480 e. The van der Waals surface area contributed by atoms with E-state index in [1.807, 2.05) is 13.8 Å². The van der Waals surface area contributed by atoms with E-state index in [0.717, 1.165) is 25.7 Å². The number of nitrogens with one attached hydrogen (secondary N) is 3. The van der Waals surface area contributed by atoms with Crippen LogP contribution >= 0.6 is 12.6 Å². The zero-order valence-electron chi connectivity index (χ0n) is 18.7. The summed E-state index contributed by atoms with van der Waals surface area (Å²) in [5, 5.41) is 16.8. The Hall–Kier alpha value is -1.81. The number of nitrogens with two attached hydrogens (primary N) is 1. The first-order valence-corrected chi connectivity index (χ1v) is 11.7. The molecule has 10 heteroatoms. The third kappa shape index (κ3) is 9.90. The molecule has 1 fully saturated rings. The molecule has 1 rings (SSSR count). The van der Waals surface area contributed by atoms with Crippen LogP contribution in [-0.2, 0) is 19.2 Å².